The van der Waals surface area contributed by atoms with E-state index in [9.17, 15) is 9.90 Å². The van der Waals surface area contributed by atoms with Gasteiger partial charge in [0.25, 0.3) is 5.91 Å². The fourth-order valence-electron chi connectivity index (χ4n) is 3.10. The van der Waals surface area contributed by atoms with Crippen LogP contribution in [0.2, 0.25) is 0 Å². The second-order valence-electron chi connectivity index (χ2n) is 7.32. The fourth-order valence-corrected chi connectivity index (χ4v) is 3.10. The van der Waals surface area contributed by atoms with E-state index in [-0.39, 0.29) is 12.5 Å². The number of benzene rings is 3. The van der Waals surface area contributed by atoms with Gasteiger partial charge in [-0.2, -0.15) is 0 Å². The summed E-state index contributed by atoms with van der Waals surface area (Å²) in [5, 5.41) is 15.2. The lowest BCUT2D eigenvalue weighted by atomic mass is 10.00. The van der Waals surface area contributed by atoms with Crippen molar-refractivity contribution >= 4 is 16.7 Å². The Kier molecular flexibility index (Phi) is 6.32. The zero-order valence-electron chi connectivity index (χ0n) is 16.6. The summed E-state index contributed by atoms with van der Waals surface area (Å²) < 4.78 is 5.88. The first-order valence-corrected chi connectivity index (χ1v) is 9.65. The summed E-state index contributed by atoms with van der Waals surface area (Å²) >= 11 is 0. The van der Waals surface area contributed by atoms with Gasteiger partial charge < -0.3 is 15.2 Å². The number of ether oxygens (including phenoxy) is 1. The van der Waals surface area contributed by atoms with Crippen LogP contribution in [0.5, 0.6) is 5.75 Å². The molecule has 0 fully saturated rings. The summed E-state index contributed by atoms with van der Waals surface area (Å²) in [6, 6.07) is 21.5. The molecule has 0 bridgehead atoms. The average Bonchev–Trinajstić information content (AvgIpc) is 2.72. The first-order valence-electron chi connectivity index (χ1n) is 9.65. The highest BCUT2D eigenvalue weighted by Crippen LogP contribution is 2.26. The molecule has 0 saturated heterocycles. The molecule has 0 radical (unpaired) electrons. The molecule has 146 valence electrons. The maximum absolute atomic E-state index is 12.4. The molecule has 0 heterocycles. The molecule has 3 aromatic carbocycles. The van der Waals surface area contributed by atoms with Crippen molar-refractivity contribution in [2.24, 2.45) is 0 Å². The first-order chi connectivity index (χ1) is 13.5. The second-order valence-corrected chi connectivity index (χ2v) is 7.32. The number of carbonyl (C=O) groups is 1. The molecule has 3 aromatic rings. The quantitative estimate of drug-likeness (QED) is 0.634. The predicted octanol–water partition coefficient (Wildman–Crippen LogP) is 4.58. The number of carbonyl (C=O) groups excluding carboxylic acids is 1. The van der Waals surface area contributed by atoms with Crippen molar-refractivity contribution in [1.82, 2.24) is 5.32 Å². The third kappa shape index (κ3) is 4.70. The Balaban J connectivity index is 1.58. The predicted molar refractivity (Wildman–Crippen MR) is 113 cm³/mol. The van der Waals surface area contributed by atoms with E-state index in [2.05, 4.69) is 19.2 Å². The van der Waals surface area contributed by atoms with Crippen LogP contribution in [0.3, 0.4) is 0 Å². The molecule has 2 N–H and O–H groups in total. The highest BCUT2D eigenvalue weighted by atomic mass is 16.5. The van der Waals surface area contributed by atoms with Crippen molar-refractivity contribution in [3.63, 3.8) is 0 Å². The van der Waals surface area contributed by atoms with Crippen LogP contribution < -0.4 is 10.1 Å². The van der Waals surface area contributed by atoms with E-state index in [1.807, 2.05) is 66.7 Å². The number of nitrogens with one attached hydrogen (secondary N) is 1. The number of hydrogen-bond acceptors (Lipinski definition) is 3. The maximum atomic E-state index is 12.4. The van der Waals surface area contributed by atoms with E-state index in [0.29, 0.717) is 11.7 Å². The van der Waals surface area contributed by atoms with Gasteiger partial charge in [-0.05, 0) is 35.4 Å². The average molecular weight is 377 g/mol. The van der Waals surface area contributed by atoms with Crippen LogP contribution in [-0.4, -0.2) is 23.7 Å². The minimum absolute atomic E-state index is 0.142. The Morgan fingerprint density at radius 2 is 1.57 bits per heavy atom. The lowest BCUT2D eigenvalue weighted by Crippen LogP contribution is -2.38. The van der Waals surface area contributed by atoms with Crippen LogP contribution in [0, 0.1) is 0 Å². The van der Waals surface area contributed by atoms with Gasteiger partial charge in [-0.3, -0.25) is 4.79 Å². The van der Waals surface area contributed by atoms with E-state index in [0.717, 1.165) is 16.3 Å². The summed E-state index contributed by atoms with van der Waals surface area (Å²) in [4.78, 5) is 12.4. The minimum Gasteiger partial charge on any atom is -0.480 e. The van der Waals surface area contributed by atoms with E-state index in [1.165, 1.54) is 5.56 Å². The van der Waals surface area contributed by atoms with Crippen molar-refractivity contribution in [3.05, 3.63) is 77.9 Å². The zero-order chi connectivity index (χ0) is 20.1. The molecule has 0 aliphatic heterocycles. The van der Waals surface area contributed by atoms with E-state index in [4.69, 9.17) is 4.74 Å². The molecule has 3 rings (SSSR count). The number of hydrogen-bond donors (Lipinski definition) is 2. The summed E-state index contributed by atoms with van der Waals surface area (Å²) in [7, 11) is 0. The van der Waals surface area contributed by atoms with Crippen molar-refractivity contribution in [2.75, 3.05) is 6.54 Å². The summed E-state index contributed by atoms with van der Waals surface area (Å²) in [5.74, 6) is 0.856. The zero-order valence-corrected chi connectivity index (χ0v) is 16.6. The first kappa shape index (κ1) is 19.9. The van der Waals surface area contributed by atoms with Gasteiger partial charge in [0.1, 0.15) is 5.75 Å². The number of amides is 1. The molecule has 2 atom stereocenters. The second kappa shape index (κ2) is 8.89. The largest absolute Gasteiger partial charge is 0.480 e. The minimum atomic E-state index is -0.755. The Bertz CT molecular complexity index is 929. The highest BCUT2D eigenvalue weighted by molar-refractivity contribution is 5.89. The topological polar surface area (TPSA) is 58.6 Å². The number of fused-ring (bicyclic) bond motifs is 1. The van der Waals surface area contributed by atoms with Crippen LogP contribution in [0.15, 0.2) is 66.7 Å². The standard InChI is InChI=1S/C24H27NO3/c1-16(2)18-11-13-20(14-12-18)22(26)15-25-24(27)17(3)28-23-10-6-8-19-7-4-5-9-21(19)23/h4-14,16-17,22,26H,15H2,1-3H3,(H,25,27). The Morgan fingerprint density at radius 1 is 0.929 bits per heavy atom. The molecule has 1 amide bonds. The van der Waals surface area contributed by atoms with Gasteiger partial charge in [0, 0.05) is 11.9 Å². The van der Waals surface area contributed by atoms with Crippen molar-refractivity contribution in [3.8, 4) is 5.75 Å². The van der Waals surface area contributed by atoms with Crippen LogP contribution >= 0.6 is 0 Å². The monoisotopic (exact) mass is 377 g/mol. The molecule has 4 nitrogen and oxygen atoms in total. The molecule has 0 aliphatic rings. The number of aliphatic hydroxyl groups is 1. The molecule has 2 unspecified atom stereocenters. The van der Waals surface area contributed by atoms with Crippen molar-refractivity contribution in [1.29, 1.82) is 0 Å². The Morgan fingerprint density at radius 3 is 2.29 bits per heavy atom. The van der Waals surface area contributed by atoms with E-state index >= 15 is 0 Å². The maximum Gasteiger partial charge on any atom is 0.260 e. The van der Waals surface area contributed by atoms with Crippen LogP contribution in [0.1, 0.15) is 43.9 Å². The van der Waals surface area contributed by atoms with Gasteiger partial charge in [0.15, 0.2) is 6.10 Å². The normalized spacial score (nSPS) is 13.3. The van der Waals surface area contributed by atoms with Crippen LogP contribution in [-0.2, 0) is 4.79 Å². The van der Waals surface area contributed by atoms with Gasteiger partial charge in [-0.15, -0.1) is 0 Å². The Labute approximate surface area is 166 Å². The highest BCUT2D eigenvalue weighted by Gasteiger charge is 2.17. The molecular formula is C24H27NO3. The van der Waals surface area contributed by atoms with Gasteiger partial charge >= 0.3 is 0 Å². The third-order valence-electron chi connectivity index (χ3n) is 4.88. The lowest BCUT2D eigenvalue weighted by molar-refractivity contribution is -0.127. The SMILES string of the molecule is CC(Oc1cccc2ccccc12)C(=O)NCC(O)c1ccc(C(C)C)cc1. The summed E-state index contributed by atoms with van der Waals surface area (Å²) in [6.07, 6.45) is -1.42. The molecule has 0 spiro atoms. The molecule has 4 heteroatoms. The van der Waals surface area contributed by atoms with Gasteiger partial charge in [-0.1, -0.05) is 74.5 Å². The fraction of sp³-hybridized carbons (Fsp3) is 0.292. The van der Waals surface area contributed by atoms with Gasteiger partial charge in [0.2, 0.25) is 0 Å². The molecule has 0 aromatic heterocycles. The van der Waals surface area contributed by atoms with E-state index in [1.54, 1.807) is 6.92 Å². The Hall–Kier alpha value is -2.85. The van der Waals surface area contributed by atoms with Gasteiger partial charge in [-0.25, -0.2) is 0 Å². The smallest absolute Gasteiger partial charge is 0.260 e. The summed E-state index contributed by atoms with van der Waals surface area (Å²) in [5.41, 5.74) is 2.00. The van der Waals surface area contributed by atoms with Crippen LogP contribution in [0.25, 0.3) is 10.8 Å². The van der Waals surface area contributed by atoms with Crippen LogP contribution in [0.4, 0.5) is 0 Å². The molecular weight excluding hydrogens is 350 g/mol. The molecule has 0 aliphatic carbocycles. The summed E-state index contributed by atoms with van der Waals surface area (Å²) in [6.45, 7) is 6.11. The molecule has 28 heavy (non-hydrogen) atoms. The van der Waals surface area contributed by atoms with Crippen molar-refractivity contribution < 1.29 is 14.6 Å². The third-order valence-corrected chi connectivity index (χ3v) is 4.88. The lowest BCUT2D eigenvalue weighted by Gasteiger charge is -2.18. The number of rotatable bonds is 7. The number of aliphatic hydroxyl groups excluding tert-OH is 1. The van der Waals surface area contributed by atoms with Gasteiger partial charge in [0.05, 0.1) is 6.10 Å². The molecule has 0 saturated carbocycles. The van der Waals surface area contributed by atoms with Crippen molar-refractivity contribution in [2.45, 2.75) is 38.9 Å². The van der Waals surface area contributed by atoms with E-state index < -0.39 is 12.2 Å².